The van der Waals surface area contributed by atoms with Gasteiger partial charge in [0.2, 0.25) is 0 Å². The molecule has 0 bridgehead atoms. The van der Waals surface area contributed by atoms with Gasteiger partial charge in [0.05, 0.1) is 5.54 Å². The first-order chi connectivity index (χ1) is 5.56. The highest BCUT2D eigenvalue weighted by Crippen LogP contribution is 2.34. The third-order valence-corrected chi connectivity index (χ3v) is 2.85. The maximum atomic E-state index is 11.5. The van der Waals surface area contributed by atoms with Crippen LogP contribution in [0.25, 0.3) is 0 Å². The highest BCUT2D eigenvalue weighted by atomic mass is 16.1. The quantitative estimate of drug-likeness (QED) is 0.682. The summed E-state index contributed by atoms with van der Waals surface area (Å²) in [5.74, 6) is 1.07. The fraction of sp³-hybridized carbons (Fsp3) is 0.900. The maximum Gasteiger partial charge on any atom is 0.152 e. The molecule has 70 valence electrons. The van der Waals surface area contributed by atoms with Gasteiger partial charge < -0.3 is 5.73 Å². The van der Waals surface area contributed by atoms with E-state index in [4.69, 9.17) is 5.73 Å². The lowest BCUT2D eigenvalue weighted by molar-refractivity contribution is -0.123. The summed E-state index contributed by atoms with van der Waals surface area (Å²) in [6, 6.07) is 0. The Morgan fingerprint density at radius 1 is 1.58 bits per heavy atom. The van der Waals surface area contributed by atoms with Crippen molar-refractivity contribution in [2.24, 2.45) is 11.7 Å². The van der Waals surface area contributed by atoms with E-state index in [2.05, 4.69) is 0 Å². The number of Topliss-reactive ketones (excluding diaryl/α,β-unsaturated/α-hetero) is 1. The number of ketones is 1. The summed E-state index contributed by atoms with van der Waals surface area (Å²) < 4.78 is 0. The molecular weight excluding hydrogens is 150 g/mol. The lowest BCUT2D eigenvalue weighted by Gasteiger charge is -2.20. The van der Waals surface area contributed by atoms with E-state index in [0.29, 0.717) is 6.42 Å². The summed E-state index contributed by atoms with van der Waals surface area (Å²) in [5, 5.41) is 0. The average molecular weight is 169 g/mol. The van der Waals surface area contributed by atoms with Crippen LogP contribution in [0, 0.1) is 5.92 Å². The first kappa shape index (κ1) is 9.72. The van der Waals surface area contributed by atoms with Crippen LogP contribution in [0.15, 0.2) is 0 Å². The van der Waals surface area contributed by atoms with Crippen LogP contribution >= 0.6 is 0 Å². The fourth-order valence-electron chi connectivity index (χ4n) is 1.22. The van der Waals surface area contributed by atoms with Crippen LogP contribution in [0.5, 0.6) is 0 Å². The van der Waals surface area contributed by atoms with Crippen molar-refractivity contribution in [1.29, 1.82) is 0 Å². The van der Waals surface area contributed by atoms with Crippen molar-refractivity contribution in [3.8, 4) is 0 Å². The van der Waals surface area contributed by atoms with Crippen molar-refractivity contribution in [2.45, 2.75) is 51.5 Å². The Labute approximate surface area is 74.5 Å². The molecule has 0 radical (unpaired) electrons. The molecule has 1 aliphatic carbocycles. The summed E-state index contributed by atoms with van der Waals surface area (Å²) in [7, 11) is 0. The minimum absolute atomic E-state index is 0.233. The molecule has 0 aromatic heterocycles. The third kappa shape index (κ3) is 2.59. The molecule has 0 aliphatic heterocycles. The number of nitrogens with two attached hydrogens (primary N) is 1. The van der Waals surface area contributed by atoms with Crippen molar-refractivity contribution in [3.05, 3.63) is 0 Å². The van der Waals surface area contributed by atoms with Gasteiger partial charge in [-0.1, -0.05) is 19.8 Å². The van der Waals surface area contributed by atoms with Crippen molar-refractivity contribution in [3.63, 3.8) is 0 Å². The second-order valence-electron chi connectivity index (χ2n) is 4.18. The number of hydrogen-bond donors (Lipinski definition) is 1. The van der Waals surface area contributed by atoms with Gasteiger partial charge in [0.1, 0.15) is 0 Å². The predicted octanol–water partition coefficient (Wildman–Crippen LogP) is 1.87. The van der Waals surface area contributed by atoms with Crippen LogP contribution in [-0.4, -0.2) is 11.3 Å². The van der Waals surface area contributed by atoms with Gasteiger partial charge in [-0.2, -0.15) is 0 Å². The average Bonchev–Trinajstić information content (AvgIpc) is 2.83. The Bertz CT molecular complexity index is 171. The van der Waals surface area contributed by atoms with Crippen LogP contribution in [0.1, 0.15) is 46.0 Å². The second-order valence-corrected chi connectivity index (χ2v) is 4.18. The van der Waals surface area contributed by atoms with Gasteiger partial charge in [-0.25, -0.2) is 0 Å². The van der Waals surface area contributed by atoms with E-state index in [9.17, 15) is 4.79 Å². The molecule has 1 unspecified atom stereocenters. The van der Waals surface area contributed by atoms with Gasteiger partial charge in [0.25, 0.3) is 0 Å². The molecule has 2 N–H and O–H groups in total. The number of carbonyl (C=O) groups is 1. The van der Waals surface area contributed by atoms with E-state index in [0.717, 1.165) is 18.8 Å². The standard InChI is InChI=1S/C10H19NO/c1-3-10(2,11)9(12)7-6-8-4-5-8/h8H,3-7,11H2,1-2H3. The van der Waals surface area contributed by atoms with Crippen LogP contribution in [0.2, 0.25) is 0 Å². The lowest BCUT2D eigenvalue weighted by atomic mass is 9.91. The molecule has 0 aromatic rings. The molecule has 12 heavy (non-hydrogen) atoms. The van der Waals surface area contributed by atoms with E-state index >= 15 is 0 Å². The SMILES string of the molecule is CCC(C)(N)C(=O)CCC1CC1. The highest BCUT2D eigenvalue weighted by Gasteiger charge is 2.28. The molecule has 0 spiro atoms. The Hall–Kier alpha value is -0.370. The largest absolute Gasteiger partial charge is 0.319 e. The van der Waals surface area contributed by atoms with Gasteiger partial charge in [0, 0.05) is 6.42 Å². The fourth-order valence-corrected chi connectivity index (χ4v) is 1.22. The van der Waals surface area contributed by atoms with Gasteiger partial charge in [-0.15, -0.1) is 0 Å². The molecule has 1 rings (SSSR count). The lowest BCUT2D eigenvalue weighted by Crippen LogP contribution is -2.44. The smallest absolute Gasteiger partial charge is 0.152 e. The molecule has 2 nitrogen and oxygen atoms in total. The van der Waals surface area contributed by atoms with Crippen LogP contribution in [0.4, 0.5) is 0 Å². The zero-order valence-corrected chi connectivity index (χ0v) is 8.10. The maximum absolute atomic E-state index is 11.5. The van der Waals surface area contributed by atoms with E-state index in [1.165, 1.54) is 12.8 Å². The molecule has 0 saturated heterocycles. The Balaban J connectivity index is 2.25. The highest BCUT2D eigenvalue weighted by molar-refractivity contribution is 5.87. The predicted molar refractivity (Wildman–Crippen MR) is 49.8 cm³/mol. The molecule has 1 aliphatic rings. The normalized spacial score (nSPS) is 21.9. The van der Waals surface area contributed by atoms with Crippen LogP contribution in [0.3, 0.4) is 0 Å². The van der Waals surface area contributed by atoms with Gasteiger partial charge in [-0.05, 0) is 25.7 Å². The van der Waals surface area contributed by atoms with E-state index in [-0.39, 0.29) is 5.78 Å². The molecule has 1 fully saturated rings. The minimum Gasteiger partial charge on any atom is -0.319 e. The van der Waals surface area contributed by atoms with Crippen LogP contribution in [-0.2, 0) is 4.79 Å². The summed E-state index contributed by atoms with van der Waals surface area (Å²) in [6.45, 7) is 3.80. The van der Waals surface area contributed by atoms with E-state index < -0.39 is 5.54 Å². The zero-order chi connectivity index (χ0) is 9.19. The molecule has 2 heteroatoms. The summed E-state index contributed by atoms with van der Waals surface area (Å²) in [5.41, 5.74) is 5.24. The molecule has 1 atom stereocenters. The topological polar surface area (TPSA) is 43.1 Å². The minimum atomic E-state index is -0.575. The van der Waals surface area contributed by atoms with Crippen molar-refractivity contribution in [1.82, 2.24) is 0 Å². The molecule has 0 heterocycles. The first-order valence-corrected chi connectivity index (χ1v) is 4.88. The first-order valence-electron chi connectivity index (χ1n) is 4.88. The van der Waals surface area contributed by atoms with Gasteiger partial charge >= 0.3 is 0 Å². The van der Waals surface area contributed by atoms with Gasteiger partial charge in [-0.3, -0.25) is 4.79 Å². The number of hydrogen-bond acceptors (Lipinski definition) is 2. The summed E-state index contributed by atoms with van der Waals surface area (Å²) in [6.07, 6.45) is 5.13. The van der Waals surface area contributed by atoms with Crippen molar-refractivity contribution < 1.29 is 4.79 Å². The second kappa shape index (κ2) is 3.56. The Morgan fingerprint density at radius 3 is 2.58 bits per heavy atom. The monoisotopic (exact) mass is 169 g/mol. The van der Waals surface area contributed by atoms with Crippen molar-refractivity contribution >= 4 is 5.78 Å². The van der Waals surface area contributed by atoms with E-state index in [1.807, 2.05) is 13.8 Å². The molecule has 1 saturated carbocycles. The Kier molecular flexibility index (Phi) is 2.89. The van der Waals surface area contributed by atoms with Crippen molar-refractivity contribution in [2.75, 3.05) is 0 Å². The molecule has 0 amide bonds. The zero-order valence-electron chi connectivity index (χ0n) is 8.10. The molecule has 0 aromatic carbocycles. The summed E-state index contributed by atoms with van der Waals surface area (Å²) >= 11 is 0. The molecular formula is C10H19NO. The number of carbonyl (C=O) groups excluding carboxylic acids is 1. The Morgan fingerprint density at radius 2 is 2.17 bits per heavy atom. The summed E-state index contributed by atoms with van der Waals surface area (Å²) in [4.78, 5) is 11.5. The number of rotatable bonds is 5. The van der Waals surface area contributed by atoms with E-state index in [1.54, 1.807) is 0 Å². The van der Waals surface area contributed by atoms with Gasteiger partial charge in [0.15, 0.2) is 5.78 Å². The van der Waals surface area contributed by atoms with Crippen LogP contribution < -0.4 is 5.73 Å². The third-order valence-electron chi connectivity index (χ3n) is 2.85.